The van der Waals surface area contributed by atoms with Gasteiger partial charge in [-0.1, -0.05) is 6.92 Å². The molecule has 0 radical (unpaired) electrons. The lowest BCUT2D eigenvalue weighted by molar-refractivity contribution is -0.0299. The molecule has 114 valence electrons. The normalized spacial score (nSPS) is 29.4. The summed E-state index contributed by atoms with van der Waals surface area (Å²) in [4.78, 5) is 13.3. The van der Waals surface area contributed by atoms with Crippen molar-refractivity contribution >= 4 is 11.2 Å². The molecule has 0 spiro atoms. The van der Waals surface area contributed by atoms with Crippen LogP contribution < -0.4 is 0 Å². The Balaban J connectivity index is 2.07. The van der Waals surface area contributed by atoms with Gasteiger partial charge in [-0.15, -0.1) is 0 Å². The molecule has 2 aromatic rings. The number of rotatable bonds is 3. The highest BCUT2D eigenvalue weighted by molar-refractivity contribution is 5.73. The Bertz CT molecular complexity index is 657. The van der Waals surface area contributed by atoms with E-state index in [1.54, 1.807) is 17.8 Å². The molecule has 0 bridgehead atoms. The number of hydrogen-bond donors (Lipinski definition) is 2. The van der Waals surface area contributed by atoms with Crippen LogP contribution in [-0.2, 0) is 11.2 Å². The molecule has 7 nitrogen and oxygen atoms in total. The molecule has 1 fully saturated rings. The molecule has 21 heavy (non-hydrogen) atoms. The van der Waals surface area contributed by atoms with E-state index in [2.05, 4.69) is 21.9 Å². The van der Waals surface area contributed by atoms with E-state index in [9.17, 15) is 10.2 Å². The van der Waals surface area contributed by atoms with Crippen molar-refractivity contribution in [3.63, 3.8) is 0 Å². The fourth-order valence-electron chi connectivity index (χ4n) is 2.69. The first-order valence-corrected chi connectivity index (χ1v) is 7.24. The smallest absolute Gasteiger partial charge is 0.166 e. The molecule has 0 aromatic carbocycles. The lowest BCUT2D eigenvalue weighted by Crippen LogP contribution is -2.30. The van der Waals surface area contributed by atoms with Crippen LogP contribution >= 0.6 is 0 Å². The molecule has 1 saturated heterocycles. The Morgan fingerprint density at radius 3 is 2.67 bits per heavy atom. The molecule has 2 aromatic heterocycles. The van der Waals surface area contributed by atoms with Crippen LogP contribution in [0.25, 0.3) is 11.2 Å². The van der Waals surface area contributed by atoms with E-state index in [4.69, 9.17) is 4.74 Å². The first-order valence-electron chi connectivity index (χ1n) is 7.24. The lowest BCUT2D eigenvalue weighted by Gasteiger charge is -2.16. The number of fused-ring (bicyclic) bond motifs is 1. The number of aryl methyl sites for hydroxylation is 2. The Hall–Kier alpha value is -1.57. The summed E-state index contributed by atoms with van der Waals surface area (Å²) in [5.74, 6) is 0.755. The average Bonchev–Trinajstić information content (AvgIpc) is 2.96. The zero-order chi connectivity index (χ0) is 15.1. The summed E-state index contributed by atoms with van der Waals surface area (Å²) in [5, 5.41) is 20.0. The van der Waals surface area contributed by atoms with E-state index in [1.165, 1.54) is 0 Å². The highest BCUT2D eigenvalue weighted by Gasteiger charge is 2.42. The van der Waals surface area contributed by atoms with E-state index in [0.717, 1.165) is 24.4 Å². The van der Waals surface area contributed by atoms with Crippen LogP contribution in [0.3, 0.4) is 0 Å². The minimum absolute atomic E-state index is 0.430. The zero-order valence-corrected chi connectivity index (χ0v) is 12.4. The molecule has 7 heteroatoms. The number of ether oxygens (including phenoxy) is 1. The summed E-state index contributed by atoms with van der Waals surface area (Å²) in [7, 11) is 0. The first-order chi connectivity index (χ1) is 10.0. The lowest BCUT2D eigenvalue weighted by atomic mass is 10.1. The largest absolute Gasteiger partial charge is 0.388 e. The van der Waals surface area contributed by atoms with E-state index in [1.807, 2.05) is 6.92 Å². The summed E-state index contributed by atoms with van der Waals surface area (Å²) >= 11 is 0. The van der Waals surface area contributed by atoms with Crippen LogP contribution in [0.15, 0.2) is 6.33 Å². The molecule has 1 unspecified atom stereocenters. The molecule has 0 aliphatic carbocycles. The Morgan fingerprint density at radius 1 is 1.29 bits per heavy atom. The van der Waals surface area contributed by atoms with Crippen molar-refractivity contribution in [2.45, 2.75) is 58.2 Å². The van der Waals surface area contributed by atoms with Gasteiger partial charge in [-0.25, -0.2) is 15.0 Å². The summed E-state index contributed by atoms with van der Waals surface area (Å²) in [5.41, 5.74) is 2.14. The third kappa shape index (κ3) is 2.31. The fraction of sp³-hybridized carbons (Fsp3) is 0.643. The van der Waals surface area contributed by atoms with E-state index in [-0.39, 0.29) is 0 Å². The minimum Gasteiger partial charge on any atom is -0.388 e. The van der Waals surface area contributed by atoms with Gasteiger partial charge in [-0.3, -0.25) is 4.57 Å². The number of aromatic nitrogens is 4. The highest BCUT2D eigenvalue weighted by atomic mass is 16.6. The molecule has 1 aliphatic rings. The number of nitrogens with zero attached hydrogens (tertiary/aromatic N) is 4. The van der Waals surface area contributed by atoms with Crippen molar-refractivity contribution in [1.82, 2.24) is 19.5 Å². The van der Waals surface area contributed by atoms with Gasteiger partial charge in [0.15, 0.2) is 11.9 Å². The van der Waals surface area contributed by atoms with E-state index in [0.29, 0.717) is 11.2 Å². The quantitative estimate of drug-likeness (QED) is 0.866. The van der Waals surface area contributed by atoms with Crippen molar-refractivity contribution in [3.05, 3.63) is 17.8 Å². The van der Waals surface area contributed by atoms with E-state index >= 15 is 0 Å². The van der Waals surface area contributed by atoms with Crippen LogP contribution in [0.2, 0.25) is 0 Å². The second-order valence-corrected chi connectivity index (χ2v) is 5.51. The van der Waals surface area contributed by atoms with Gasteiger partial charge >= 0.3 is 0 Å². The van der Waals surface area contributed by atoms with Gasteiger partial charge in [0.2, 0.25) is 0 Å². The van der Waals surface area contributed by atoms with Crippen molar-refractivity contribution < 1.29 is 14.9 Å². The third-order valence-corrected chi connectivity index (χ3v) is 3.87. The van der Waals surface area contributed by atoms with Gasteiger partial charge in [-0.2, -0.15) is 0 Å². The van der Waals surface area contributed by atoms with Gasteiger partial charge < -0.3 is 14.9 Å². The number of aliphatic hydroxyl groups is 2. The summed E-state index contributed by atoms with van der Waals surface area (Å²) in [6.07, 6.45) is 0.310. The predicted octanol–water partition coefficient (Wildman–Crippen LogP) is 0.726. The molecule has 3 heterocycles. The van der Waals surface area contributed by atoms with Crippen molar-refractivity contribution in [2.75, 3.05) is 0 Å². The topological polar surface area (TPSA) is 93.3 Å². The van der Waals surface area contributed by atoms with Crippen molar-refractivity contribution in [1.29, 1.82) is 0 Å². The second kappa shape index (κ2) is 5.32. The monoisotopic (exact) mass is 292 g/mol. The van der Waals surface area contributed by atoms with Crippen molar-refractivity contribution in [3.8, 4) is 0 Å². The van der Waals surface area contributed by atoms with Crippen LogP contribution in [0.4, 0.5) is 0 Å². The molecule has 2 N–H and O–H groups in total. The number of imidazole rings is 1. The van der Waals surface area contributed by atoms with Gasteiger partial charge in [-0.05, 0) is 20.3 Å². The molecular weight excluding hydrogens is 272 g/mol. The Morgan fingerprint density at radius 2 is 2.05 bits per heavy atom. The molecule has 0 saturated carbocycles. The number of hydrogen-bond acceptors (Lipinski definition) is 6. The molecule has 3 rings (SSSR count). The van der Waals surface area contributed by atoms with Gasteiger partial charge in [0.1, 0.15) is 23.5 Å². The van der Waals surface area contributed by atoms with Crippen LogP contribution in [0.1, 0.15) is 38.0 Å². The Kier molecular flexibility index (Phi) is 3.64. The van der Waals surface area contributed by atoms with Crippen LogP contribution in [0, 0.1) is 6.92 Å². The zero-order valence-electron chi connectivity index (χ0n) is 12.4. The van der Waals surface area contributed by atoms with Crippen LogP contribution in [-0.4, -0.2) is 48.0 Å². The predicted molar refractivity (Wildman–Crippen MR) is 75.7 cm³/mol. The molecule has 0 amide bonds. The maximum atomic E-state index is 10.1. The summed E-state index contributed by atoms with van der Waals surface area (Å²) in [6.45, 7) is 5.70. The average molecular weight is 292 g/mol. The summed E-state index contributed by atoms with van der Waals surface area (Å²) in [6, 6.07) is 0. The third-order valence-electron chi connectivity index (χ3n) is 3.87. The second-order valence-electron chi connectivity index (χ2n) is 5.51. The maximum Gasteiger partial charge on any atom is 0.166 e. The van der Waals surface area contributed by atoms with Gasteiger partial charge in [0.25, 0.3) is 0 Å². The van der Waals surface area contributed by atoms with E-state index < -0.39 is 24.5 Å². The van der Waals surface area contributed by atoms with Gasteiger partial charge in [0, 0.05) is 6.42 Å². The fourth-order valence-corrected chi connectivity index (χ4v) is 2.69. The molecular formula is C14H20N4O3. The maximum absolute atomic E-state index is 10.1. The minimum atomic E-state index is -0.998. The van der Waals surface area contributed by atoms with Crippen LogP contribution in [0.5, 0.6) is 0 Å². The highest BCUT2D eigenvalue weighted by Crippen LogP contribution is 2.31. The molecule has 1 aliphatic heterocycles. The molecule has 4 atom stereocenters. The standard InChI is InChI=1S/C14H20N4O3/c1-4-5-9-16-7(2)10-13(17-9)18(6-15-10)14-12(20)11(19)8(3)21-14/h6,8,11-12,14,19-20H,4-5H2,1-3H3/t8-,11?,12+,14-/m1/s1. The summed E-state index contributed by atoms with van der Waals surface area (Å²) < 4.78 is 7.32. The Labute approximate surface area is 122 Å². The first kappa shape index (κ1) is 14.4. The van der Waals surface area contributed by atoms with Crippen molar-refractivity contribution in [2.24, 2.45) is 0 Å². The van der Waals surface area contributed by atoms with Gasteiger partial charge in [0.05, 0.1) is 18.1 Å². The number of aliphatic hydroxyl groups excluding tert-OH is 2. The SMILES string of the molecule is CCCc1nc(C)c2ncn([C@@H]3O[C@H](C)C(O)[C@@H]3O)c2n1.